The number of rotatable bonds is 8. The molecule has 0 aliphatic carbocycles. The van der Waals surface area contributed by atoms with E-state index < -0.39 is 11.7 Å². The summed E-state index contributed by atoms with van der Waals surface area (Å²) in [5, 5.41) is 0. The van der Waals surface area contributed by atoms with Crippen LogP contribution < -0.4 is 4.74 Å². The van der Waals surface area contributed by atoms with Gasteiger partial charge in [0.25, 0.3) is 0 Å². The van der Waals surface area contributed by atoms with E-state index in [1.165, 1.54) is 17.7 Å². The van der Waals surface area contributed by atoms with Crippen LogP contribution in [0.4, 0.5) is 13.2 Å². The first kappa shape index (κ1) is 27.7. The number of hydrogen-bond donors (Lipinski definition) is 0. The van der Waals surface area contributed by atoms with E-state index in [-0.39, 0.29) is 23.8 Å². The number of amides is 1. The highest BCUT2D eigenvalue weighted by Crippen LogP contribution is 2.37. The Morgan fingerprint density at radius 3 is 2.26 bits per heavy atom. The fraction of sp³-hybridized carbons (Fsp3) is 0.406. The Morgan fingerprint density at radius 2 is 1.61 bits per heavy atom. The van der Waals surface area contributed by atoms with Crippen LogP contribution >= 0.6 is 0 Å². The first-order valence-corrected chi connectivity index (χ1v) is 13.4. The number of ether oxygens (including phenoxy) is 1. The first-order chi connectivity index (χ1) is 18.1. The van der Waals surface area contributed by atoms with E-state index in [9.17, 15) is 18.0 Å². The van der Waals surface area contributed by atoms with Crippen LogP contribution in [0, 0.1) is 11.8 Å². The Balaban J connectivity index is 1.54. The summed E-state index contributed by atoms with van der Waals surface area (Å²) in [4.78, 5) is 15.7. The summed E-state index contributed by atoms with van der Waals surface area (Å²) in [7, 11) is 0. The number of alkyl halides is 3. The highest BCUT2D eigenvalue weighted by Gasteiger charge is 2.34. The third kappa shape index (κ3) is 6.77. The van der Waals surface area contributed by atoms with Crippen molar-refractivity contribution in [3.8, 4) is 5.75 Å². The van der Waals surface area contributed by atoms with E-state index in [0.29, 0.717) is 24.8 Å². The molecule has 3 nitrogen and oxygen atoms in total. The van der Waals surface area contributed by atoms with Gasteiger partial charge < -0.3 is 9.64 Å². The predicted molar refractivity (Wildman–Crippen MR) is 144 cm³/mol. The van der Waals surface area contributed by atoms with E-state index in [1.807, 2.05) is 54.3 Å². The number of halogens is 3. The van der Waals surface area contributed by atoms with Gasteiger partial charge in [-0.25, -0.2) is 0 Å². The number of carbonyl (C=O) groups excluding carboxylic acids is 1. The molecule has 4 rings (SSSR count). The van der Waals surface area contributed by atoms with Crippen LogP contribution in [-0.2, 0) is 17.4 Å². The Hall–Kier alpha value is -3.28. The molecule has 3 aromatic carbocycles. The van der Waals surface area contributed by atoms with Gasteiger partial charge in [-0.05, 0) is 73.1 Å². The number of likely N-dealkylation sites (tertiary alicyclic amines) is 1. The molecule has 0 radical (unpaired) electrons. The van der Waals surface area contributed by atoms with Crippen molar-refractivity contribution in [3.63, 3.8) is 0 Å². The van der Waals surface area contributed by atoms with Gasteiger partial charge in [-0.15, -0.1) is 0 Å². The van der Waals surface area contributed by atoms with Crippen LogP contribution in [0.5, 0.6) is 5.75 Å². The lowest BCUT2D eigenvalue weighted by Crippen LogP contribution is -2.44. The van der Waals surface area contributed by atoms with E-state index in [0.717, 1.165) is 42.5 Å². The van der Waals surface area contributed by atoms with E-state index >= 15 is 0 Å². The SMILES string of the molecule is CC(C)Cc1ccccc1C(C)C(=O)N1CCC[C@H]([C@@H](Oc2ccc(C(F)(F)F)cc2)c2ccccc2)C1. The minimum Gasteiger partial charge on any atom is -0.485 e. The molecule has 1 unspecified atom stereocenters. The van der Waals surface area contributed by atoms with Gasteiger partial charge in [0.2, 0.25) is 5.91 Å². The molecule has 202 valence electrons. The van der Waals surface area contributed by atoms with Crippen molar-refractivity contribution in [1.82, 2.24) is 4.90 Å². The predicted octanol–water partition coefficient (Wildman–Crippen LogP) is 8.07. The smallest absolute Gasteiger partial charge is 0.416 e. The summed E-state index contributed by atoms with van der Waals surface area (Å²) < 4.78 is 45.5. The van der Waals surface area contributed by atoms with Gasteiger partial charge in [0.15, 0.2) is 0 Å². The van der Waals surface area contributed by atoms with Crippen LogP contribution in [0.25, 0.3) is 0 Å². The topological polar surface area (TPSA) is 29.5 Å². The van der Waals surface area contributed by atoms with Crippen LogP contribution in [0.15, 0.2) is 78.9 Å². The summed E-state index contributed by atoms with van der Waals surface area (Å²) >= 11 is 0. The van der Waals surface area contributed by atoms with Gasteiger partial charge in [-0.3, -0.25) is 4.79 Å². The Bertz CT molecular complexity index is 1190. The number of nitrogens with zero attached hydrogens (tertiary/aromatic N) is 1. The van der Waals surface area contributed by atoms with Gasteiger partial charge in [-0.1, -0.05) is 68.4 Å². The highest BCUT2D eigenvalue weighted by molar-refractivity contribution is 5.84. The summed E-state index contributed by atoms with van der Waals surface area (Å²) in [6, 6.07) is 22.8. The zero-order valence-corrected chi connectivity index (χ0v) is 22.2. The molecular weight excluding hydrogens is 487 g/mol. The molecule has 0 bridgehead atoms. The fourth-order valence-corrected chi connectivity index (χ4v) is 5.39. The Kier molecular flexibility index (Phi) is 8.80. The van der Waals surface area contributed by atoms with Crippen molar-refractivity contribution < 1.29 is 22.7 Å². The molecule has 38 heavy (non-hydrogen) atoms. The van der Waals surface area contributed by atoms with Gasteiger partial charge in [0.1, 0.15) is 11.9 Å². The third-order valence-electron chi connectivity index (χ3n) is 7.29. The summed E-state index contributed by atoms with van der Waals surface area (Å²) in [5.41, 5.74) is 2.53. The van der Waals surface area contributed by atoms with Crippen molar-refractivity contribution in [3.05, 3.63) is 101 Å². The Morgan fingerprint density at radius 1 is 0.947 bits per heavy atom. The van der Waals surface area contributed by atoms with Crippen LogP contribution in [0.2, 0.25) is 0 Å². The van der Waals surface area contributed by atoms with E-state index in [4.69, 9.17) is 4.74 Å². The Labute approximate surface area is 223 Å². The summed E-state index contributed by atoms with van der Waals surface area (Å²) in [6.07, 6.45) is -2.15. The molecule has 1 aliphatic rings. The van der Waals surface area contributed by atoms with Crippen LogP contribution in [-0.4, -0.2) is 23.9 Å². The molecule has 0 N–H and O–H groups in total. The maximum Gasteiger partial charge on any atom is 0.416 e. The van der Waals surface area contributed by atoms with Crippen LogP contribution in [0.3, 0.4) is 0 Å². The van der Waals surface area contributed by atoms with Crippen LogP contribution in [0.1, 0.15) is 67.9 Å². The minimum absolute atomic E-state index is 0.00972. The lowest BCUT2D eigenvalue weighted by Gasteiger charge is -2.38. The average molecular weight is 524 g/mol. The normalized spacial score (nSPS) is 17.8. The molecule has 0 saturated carbocycles. The number of hydrogen-bond acceptors (Lipinski definition) is 2. The van der Waals surface area contributed by atoms with Crippen molar-refractivity contribution >= 4 is 5.91 Å². The van der Waals surface area contributed by atoms with Gasteiger partial charge in [-0.2, -0.15) is 13.2 Å². The minimum atomic E-state index is -4.40. The zero-order valence-electron chi connectivity index (χ0n) is 22.2. The molecule has 3 aromatic rings. The fourth-order valence-electron chi connectivity index (χ4n) is 5.39. The molecular formula is C32H36F3NO2. The summed E-state index contributed by atoms with van der Waals surface area (Å²) in [5.74, 6) is 0.732. The number of benzene rings is 3. The van der Waals surface area contributed by atoms with E-state index in [2.05, 4.69) is 26.0 Å². The number of piperidine rings is 1. The molecule has 1 aliphatic heterocycles. The highest BCUT2D eigenvalue weighted by atomic mass is 19.4. The monoisotopic (exact) mass is 523 g/mol. The van der Waals surface area contributed by atoms with Crippen molar-refractivity contribution in [2.45, 2.75) is 58.2 Å². The van der Waals surface area contributed by atoms with Crippen molar-refractivity contribution in [2.75, 3.05) is 13.1 Å². The maximum atomic E-state index is 13.7. The second-order valence-electron chi connectivity index (χ2n) is 10.7. The largest absolute Gasteiger partial charge is 0.485 e. The third-order valence-corrected chi connectivity index (χ3v) is 7.29. The maximum absolute atomic E-state index is 13.7. The average Bonchev–Trinajstić information content (AvgIpc) is 2.91. The molecule has 1 saturated heterocycles. The quantitative estimate of drug-likeness (QED) is 0.299. The van der Waals surface area contributed by atoms with E-state index in [1.54, 1.807) is 0 Å². The van der Waals surface area contributed by atoms with Gasteiger partial charge >= 0.3 is 6.18 Å². The van der Waals surface area contributed by atoms with Gasteiger partial charge in [0, 0.05) is 19.0 Å². The van der Waals surface area contributed by atoms with Crippen molar-refractivity contribution in [2.24, 2.45) is 11.8 Å². The second-order valence-corrected chi connectivity index (χ2v) is 10.7. The molecule has 1 amide bonds. The lowest BCUT2D eigenvalue weighted by atomic mass is 9.86. The van der Waals surface area contributed by atoms with Crippen molar-refractivity contribution in [1.29, 1.82) is 0 Å². The lowest BCUT2D eigenvalue weighted by molar-refractivity contribution is -0.137. The molecule has 6 heteroatoms. The standard InChI is InChI=1S/C32H36F3NO2/c1-22(2)20-25-12-7-8-14-29(25)23(3)31(37)36-19-9-13-26(21-36)30(24-10-5-4-6-11-24)38-28-17-15-27(16-18-28)32(33,34)35/h4-8,10-12,14-18,22-23,26,30H,9,13,19-21H2,1-3H3/t23?,26-,30-/m0/s1. The zero-order chi connectivity index (χ0) is 27.3. The molecule has 1 fully saturated rings. The number of carbonyl (C=O) groups is 1. The first-order valence-electron chi connectivity index (χ1n) is 13.4. The van der Waals surface area contributed by atoms with Gasteiger partial charge in [0.05, 0.1) is 11.5 Å². The molecule has 0 aromatic heterocycles. The summed E-state index contributed by atoms with van der Waals surface area (Å²) in [6.45, 7) is 7.57. The molecule has 0 spiro atoms. The second kappa shape index (κ2) is 12.1. The molecule has 3 atom stereocenters. The molecule has 1 heterocycles.